The number of piperidine rings is 2. The molecule has 0 spiro atoms. The summed E-state index contributed by atoms with van der Waals surface area (Å²) in [4.78, 5) is 20.9. The second-order valence-corrected chi connectivity index (χ2v) is 8.20. The third kappa shape index (κ3) is 4.81. The van der Waals surface area contributed by atoms with E-state index < -0.39 is 0 Å². The van der Waals surface area contributed by atoms with Crippen LogP contribution in [-0.4, -0.2) is 47.9 Å². The Kier molecular flexibility index (Phi) is 6.10. The molecule has 0 saturated carbocycles. The summed E-state index contributed by atoms with van der Waals surface area (Å²) in [5, 5.41) is 0. The van der Waals surface area contributed by atoms with Gasteiger partial charge < -0.3 is 9.80 Å². The SMILES string of the molecule is CC(=O)c1ccc(N2CCC(CC3CCN(C(C)C)CC3)CC2)nc1. The lowest BCUT2D eigenvalue weighted by Crippen LogP contribution is -2.40. The minimum Gasteiger partial charge on any atom is -0.357 e. The van der Waals surface area contributed by atoms with E-state index in [0.29, 0.717) is 11.6 Å². The van der Waals surface area contributed by atoms with Gasteiger partial charge in [-0.3, -0.25) is 4.79 Å². The van der Waals surface area contributed by atoms with Crippen molar-refractivity contribution in [1.82, 2.24) is 9.88 Å². The highest BCUT2D eigenvalue weighted by molar-refractivity contribution is 5.93. The molecular formula is C21H33N3O. The molecule has 0 aliphatic carbocycles. The molecule has 25 heavy (non-hydrogen) atoms. The van der Waals surface area contributed by atoms with Crippen LogP contribution in [0.3, 0.4) is 0 Å². The number of ketones is 1. The van der Waals surface area contributed by atoms with Crippen LogP contribution in [0.4, 0.5) is 5.82 Å². The Morgan fingerprint density at radius 1 is 1.08 bits per heavy atom. The van der Waals surface area contributed by atoms with Crippen LogP contribution < -0.4 is 4.90 Å². The fourth-order valence-corrected chi connectivity index (χ4v) is 4.36. The van der Waals surface area contributed by atoms with E-state index in [0.717, 1.165) is 30.7 Å². The van der Waals surface area contributed by atoms with Crippen molar-refractivity contribution in [2.45, 2.75) is 58.9 Å². The number of nitrogens with zero attached hydrogens (tertiary/aromatic N) is 3. The molecule has 2 fully saturated rings. The van der Waals surface area contributed by atoms with E-state index in [1.165, 1.54) is 45.2 Å². The molecule has 0 aromatic carbocycles. The molecular weight excluding hydrogens is 310 g/mol. The molecule has 0 unspecified atom stereocenters. The smallest absolute Gasteiger partial charge is 0.161 e. The predicted octanol–water partition coefficient (Wildman–Crippen LogP) is 4.01. The van der Waals surface area contributed by atoms with Crippen molar-refractivity contribution in [2.24, 2.45) is 11.8 Å². The van der Waals surface area contributed by atoms with E-state index in [1.54, 1.807) is 13.1 Å². The van der Waals surface area contributed by atoms with Crippen molar-refractivity contribution in [3.05, 3.63) is 23.9 Å². The Balaban J connectivity index is 1.44. The normalized spacial score (nSPS) is 21.0. The molecule has 3 rings (SSSR count). The van der Waals surface area contributed by atoms with Crippen molar-refractivity contribution >= 4 is 11.6 Å². The Labute approximate surface area is 152 Å². The minimum atomic E-state index is 0.0845. The van der Waals surface area contributed by atoms with E-state index in [1.807, 2.05) is 12.1 Å². The van der Waals surface area contributed by atoms with Crippen molar-refractivity contribution in [1.29, 1.82) is 0 Å². The van der Waals surface area contributed by atoms with Gasteiger partial charge in [-0.2, -0.15) is 0 Å². The number of Topliss-reactive ketones (excluding diaryl/α,β-unsaturated/α-hetero) is 1. The maximum atomic E-state index is 11.4. The maximum Gasteiger partial charge on any atom is 0.161 e. The number of anilines is 1. The minimum absolute atomic E-state index is 0.0845. The van der Waals surface area contributed by atoms with Gasteiger partial charge in [0.2, 0.25) is 0 Å². The fraction of sp³-hybridized carbons (Fsp3) is 0.714. The van der Waals surface area contributed by atoms with Gasteiger partial charge in [-0.15, -0.1) is 0 Å². The summed E-state index contributed by atoms with van der Waals surface area (Å²) in [6.45, 7) is 11.0. The number of rotatable bonds is 5. The number of pyridine rings is 1. The van der Waals surface area contributed by atoms with Crippen molar-refractivity contribution in [3.8, 4) is 0 Å². The summed E-state index contributed by atoms with van der Waals surface area (Å²) in [7, 11) is 0. The molecule has 2 saturated heterocycles. The molecule has 1 aromatic rings. The van der Waals surface area contributed by atoms with Gasteiger partial charge in [0.15, 0.2) is 5.78 Å². The summed E-state index contributed by atoms with van der Waals surface area (Å²) in [5.41, 5.74) is 0.700. The van der Waals surface area contributed by atoms with Crippen LogP contribution in [-0.2, 0) is 0 Å². The fourth-order valence-electron chi connectivity index (χ4n) is 4.36. The molecule has 2 aliphatic heterocycles. The molecule has 0 atom stereocenters. The summed E-state index contributed by atoms with van der Waals surface area (Å²) < 4.78 is 0. The molecule has 1 aromatic heterocycles. The van der Waals surface area contributed by atoms with Gasteiger partial charge in [-0.25, -0.2) is 4.98 Å². The number of aromatic nitrogens is 1. The highest BCUT2D eigenvalue weighted by Crippen LogP contribution is 2.31. The quantitative estimate of drug-likeness (QED) is 0.757. The molecule has 2 aliphatic rings. The second-order valence-electron chi connectivity index (χ2n) is 8.20. The highest BCUT2D eigenvalue weighted by Gasteiger charge is 2.26. The summed E-state index contributed by atoms with van der Waals surface area (Å²) in [6, 6.07) is 4.60. The van der Waals surface area contributed by atoms with E-state index in [4.69, 9.17) is 0 Å². The van der Waals surface area contributed by atoms with Crippen LogP contribution in [0, 0.1) is 11.8 Å². The average Bonchev–Trinajstić information content (AvgIpc) is 2.63. The third-order valence-corrected chi connectivity index (χ3v) is 6.14. The van der Waals surface area contributed by atoms with Crippen LogP contribution in [0.25, 0.3) is 0 Å². The lowest BCUT2D eigenvalue weighted by Gasteiger charge is -2.38. The van der Waals surface area contributed by atoms with Crippen LogP contribution in [0.5, 0.6) is 0 Å². The molecule has 4 nitrogen and oxygen atoms in total. The first kappa shape index (κ1) is 18.4. The van der Waals surface area contributed by atoms with Gasteiger partial charge in [0.25, 0.3) is 0 Å². The molecule has 0 amide bonds. The van der Waals surface area contributed by atoms with E-state index in [9.17, 15) is 4.79 Å². The maximum absolute atomic E-state index is 11.4. The van der Waals surface area contributed by atoms with Crippen LogP contribution in [0.1, 0.15) is 63.2 Å². The summed E-state index contributed by atoms with van der Waals surface area (Å²) in [6.07, 6.45) is 8.45. The first-order chi connectivity index (χ1) is 12.0. The van der Waals surface area contributed by atoms with E-state index >= 15 is 0 Å². The zero-order chi connectivity index (χ0) is 17.8. The van der Waals surface area contributed by atoms with Gasteiger partial charge in [-0.05, 0) is 89.9 Å². The zero-order valence-electron chi connectivity index (χ0n) is 16.1. The lowest BCUT2D eigenvalue weighted by atomic mass is 9.82. The second kappa shape index (κ2) is 8.31. The van der Waals surface area contributed by atoms with E-state index in [-0.39, 0.29) is 5.78 Å². The molecule has 0 radical (unpaired) electrons. The third-order valence-electron chi connectivity index (χ3n) is 6.14. The van der Waals surface area contributed by atoms with Crippen LogP contribution in [0.2, 0.25) is 0 Å². The van der Waals surface area contributed by atoms with Crippen molar-refractivity contribution in [3.63, 3.8) is 0 Å². The lowest BCUT2D eigenvalue weighted by molar-refractivity contribution is 0.101. The topological polar surface area (TPSA) is 36.4 Å². The summed E-state index contributed by atoms with van der Waals surface area (Å²) >= 11 is 0. The van der Waals surface area contributed by atoms with Crippen LogP contribution >= 0.6 is 0 Å². The Morgan fingerprint density at radius 3 is 2.16 bits per heavy atom. The van der Waals surface area contributed by atoms with Gasteiger partial charge >= 0.3 is 0 Å². The predicted molar refractivity (Wildman–Crippen MR) is 103 cm³/mol. The van der Waals surface area contributed by atoms with Crippen LogP contribution in [0.15, 0.2) is 18.3 Å². The van der Waals surface area contributed by atoms with Gasteiger partial charge in [0.05, 0.1) is 0 Å². The van der Waals surface area contributed by atoms with Gasteiger partial charge in [-0.1, -0.05) is 0 Å². The number of hydrogen-bond acceptors (Lipinski definition) is 4. The Hall–Kier alpha value is -1.42. The largest absolute Gasteiger partial charge is 0.357 e. The monoisotopic (exact) mass is 343 g/mol. The zero-order valence-corrected chi connectivity index (χ0v) is 16.1. The van der Waals surface area contributed by atoms with Gasteiger partial charge in [0.1, 0.15) is 5.82 Å². The Morgan fingerprint density at radius 2 is 1.68 bits per heavy atom. The Bertz CT molecular complexity index is 553. The standard InChI is InChI=1S/C21H33N3O/c1-16(2)23-10-6-18(7-11-23)14-19-8-12-24(13-9-19)21-5-4-20(15-22-21)17(3)25/h4-5,15-16,18-19H,6-14H2,1-3H3. The number of carbonyl (C=O) groups is 1. The number of carbonyl (C=O) groups excluding carboxylic acids is 1. The first-order valence-corrected chi connectivity index (χ1v) is 9.99. The number of likely N-dealkylation sites (tertiary alicyclic amines) is 1. The number of hydrogen-bond donors (Lipinski definition) is 0. The molecule has 3 heterocycles. The average molecular weight is 344 g/mol. The van der Waals surface area contributed by atoms with Crippen molar-refractivity contribution < 1.29 is 4.79 Å². The van der Waals surface area contributed by atoms with Gasteiger partial charge in [0, 0.05) is 30.9 Å². The van der Waals surface area contributed by atoms with Crippen molar-refractivity contribution in [2.75, 3.05) is 31.1 Å². The molecule has 0 bridgehead atoms. The molecule has 4 heteroatoms. The first-order valence-electron chi connectivity index (χ1n) is 9.99. The molecule has 138 valence electrons. The molecule has 0 N–H and O–H groups in total. The highest BCUT2D eigenvalue weighted by atomic mass is 16.1. The summed E-state index contributed by atoms with van der Waals surface area (Å²) in [5.74, 6) is 2.91. The van der Waals surface area contributed by atoms with E-state index in [2.05, 4.69) is 28.6 Å².